The zero-order chi connectivity index (χ0) is 14.0. The van der Waals surface area contributed by atoms with E-state index in [0.29, 0.717) is 11.3 Å². The number of aromatic amines is 1. The Morgan fingerprint density at radius 3 is 2.79 bits per heavy atom. The predicted molar refractivity (Wildman–Crippen MR) is 71.6 cm³/mol. The van der Waals surface area contributed by atoms with Crippen molar-refractivity contribution in [3.63, 3.8) is 0 Å². The van der Waals surface area contributed by atoms with Crippen LogP contribution in [0.2, 0.25) is 0 Å². The molecule has 1 aromatic carbocycles. The molecule has 0 aliphatic carbocycles. The molecule has 2 rings (SSSR count). The van der Waals surface area contributed by atoms with Gasteiger partial charge in [0.25, 0.3) is 10.0 Å². The summed E-state index contributed by atoms with van der Waals surface area (Å²) in [6, 6.07) is 6.46. The van der Waals surface area contributed by atoms with Gasteiger partial charge >= 0.3 is 0 Å². The van der Waals surface area contributed by atoms with Crippen LogP contribution in [0.1, 0.15) is 5.56 Å². The van der Waals surface area contributed by atoms with E-state index >= 15 is 0 Å². The fourth-order valence-electron chi connectivity index (χ4n) is 1.55. The van der Waals surface area contributed by atoms with E-state index in [1.54, 1.807) is 24.3 Å². The minimum absolute atomic E-state index is 0.0724. The third kappa shape index (κ3) is 2.43. The van der Waals surface area contributed by atoms with Crippen LogP contribution < -0.4 is 10.0 Å². The van der Waals surface area contributed by atoms with Crippen molar-refractivity contribution in [2.45, 2.75) is 4.90 Å². The smallest absolute Gasteiger partial charge is 0.267 e. The molecule has 1 aromatic heterocycles. The standard InChI is InChI=1S/C11H13N5O2S/c1-16(19(17,18)10-6-14-15-7-10)9-4-2-3-8(5-9)11(12)13/h2-7H,1H3,(H3,12,13)(H,14,15). The zero-order valence-electron chi connectivity index (χ0n) is 10.2. The number of rotatable bonds is 4. The molecule has 0 amide bonds. The lowest BCUT2D eigenvalue weighted by Crippen LogP contribution is -2.26. The summed E-state index contributed by atoms with van der Waals surface area (Å²) >= 11 is 0. The minimum atomic E-state index is -3.66. The van der Waals surface area contributed by atoms with E-state index in [2.05, 4.69) is 10.2 Å². The van der Waals surface area contributed by atoms with Gasteiger partial charge in [0, 0.05) is 18.8 Å². The Balaban J connectivity index is 2.42. The van der Waals surface area contributed by atoms with Crippen LogP contribution in [0.15, 0.2) is 41.6 Å². The number of aromatic nitrogens is 2. The molecular formula is C11H13N5O2S. The van der Waals surface area contributed by atoms with Gasteiger partial charge in [-0.2, -0.15) is 5.10 Å². The molecule has 19 heavy (non-hydrogen) atoms. The van der Waals surface area contributed by atoms with Gasteiger partial charge in [-0.05, 0) is 12.1 Å². The van der Waals surface area contributed by atoms with Crippen LogP contribution in [-0.4, -0.2) is 31.5 Å². The molecule has 100 valence electrons. The highest BCUT2D eigenvalue weighted by atomic mass is 32.2. The van der Waals surface area contributed by atoms with Crippen LogP contribution in [0.5, 0.6) is 0 Å². The highest BCUT2D eigenvalue weighted by Crippen LogP contribution is 2.21. The van der Waals surface area contributed by atoms with E-state index in [1.807, 2.05) is 0 Å². The maximum Gasteiger partial charge on any atom is 0.267 e. The Bertz CT molecular complexity index is 694. The van der Waals surface area contributed by atoms with Crippen molar-refractivity contribution in [1.29, 1.82) is 5.41 Å². The SMILES string of the molecule is CN(c1cccc(C(=N)N)c1)S(=O)(=O)c1cn[nH]c1. The van der Waals surface area contributed by atoms with Crippen molar-refractivity contribution < 1.29 is 8.42 Å². The number of amidine groups is 1. The van der Waals surface area contributed by atoms with Gasteiger partial charge in [0.15, 0.2) is 0 Å². The minimum Gasteiger partial charge on any atom is -0.384 e. The highest BCUT2D eigenvalue weighted by Gasteiger charge is 2.22. The van der Waals surface area contributed by atoms with Gasteiger partial charge in [-0.15, -0.1) is 0 Å². The molecule has 4 N–H and O–H groups in total. The lowest BCUT2D eigenvalue weighted by molar-refractivity contribution is 0.594. The van der Waals surface area contributed by atoms with Gasteiger partial charge < -0.3 is 5.73 Å². The van der Waals surface area contributed by atoms with Gasteiger partial charge in [0.05, 0.1) is 11.9 Å². The van der Waals surface area contributed by atoms with Gasteiger partial charge in [-0.25, -0.2) is 8.42 Å². The topological polar surface area (TPSA) is 116 Å². The first-order chi connectivity index (χ1) is 8.93. The van der Waals surface area contributed by atoms with E-state index in [-0.39, 0.29) is 10.7 Å². The summed E-state index contributed by atoms with van der Waals surface area (Å²) in [7, 11) is -2.23. The number of H-pyrrole nitrogens is 1. The lowest BCUT2D eigenvalue weighted by atomic mass is 10.2. The predicted octanol–water partition coefficient (Wildman–Crippen LogP) is 0.519. The number of nitrogen functional groups attached to an aromatic ring is 1. The molecule has 7 nitrogen and oxygen atoms in total. The Morgan fingerprint density at radius 2 is 2.21 bits per heavy atom. The number of hydrogen-bond donors (Lipinski definition) is 3. The Labute approximate surface area is 110 Å². The molecule has 1 heterocycles. The van der Waals surface area contributed by atoms with E-state index in [0.717, 1.165) is 4.31 Å². The Hall–Kier alpha value is -2.35. The van der Waals surface area contributed by atoms with E-state index < -0.39 is 10.0 Å². The van der Waals surface area contributed by atoms with Crippen molar-refractivity contribution >= 4 is 21.5 Å². The average Bonchev–Trinajstić information content (AvgIpc) is 2.92. The second kappa shape index (κ2) is 4.73. The van der Waals surface area contributed by atoms with Gasteiger partial charge in [0.2, 0.25) is 0 Å². The second-order valence-corrected chi connectivity index (χ2v) is 5.84. The number of anilines is 1. The largest absolute Gasteiger partial charge is 0.384 e. The average molecular weight is 279 g/mol. The number of benzene rings is 1. The molecule has 0 spiro atoms. The first-order valence-electron chi connectivity index (χ1n) is 5.35. The number of sulfonamides is 1. The molecule has 0 aliphatic rings. The number of hydrogen-bond acceptors (Lipinski definition) is 4. The Kier molecular flexibility index (Phi) is 3.26. The summed E-state index contributed by atoms with van der Waals surface area (Å²) in [4.78, 5) is 0.0724. The van der Waals surface area contributed by atoms with E-state index in [4.69, 9.17) is 11.1 Å². The molecule has 8 heteroatoms. The van der Waals surface area contributed by atoms with Gasteiger partial charge in [0.1, 0.15) is 10.7 Å². The normalized spacial score (nSPS) is 11.2. The van der Waals surface area contributed by atoms with Crippen LogP contribution in [0.3, 0.4) is 0 Å². The maximum atomic E-state index is 12.3. The van der Waals surface area contributed by atoms with E-state index in [1.165, 1.54) is 19.4 Å². The van der Waals surface area contributed by atoms with Crippen molar-refractivity contribution in [3.05, 3.63) is 42.2 Å². The van der Waals surface area contributed by atoms with Crippen LogP contribution in [-0.2, 0) is 10.0 Å². The second-order valence-electron chi connectivity index (χ2n) is 3.87. The molecular weight excluding hydrogens is 266 g/mol. The third-order valence-electron chi connectivity index (χ3n) is 2.65. The van der Waals surface area contributed by atoms with E-state index in [9.17, 15) is 8.42 Å². The number of nitrogens with two attached hydrogens (primary N) is 1. The van der Waals surface area contributed by atoms with Crippen molar-refractivity contribution in [3.8, 4) is 0 Å². The molecule has 0 saturated heterocycles. The number of nitrogens with zero attached hydrogens (tertiary/aromatic N) is 2. The fourth-order valence-corrected chi connectivity index (χ4v) is 2.64. The monoisotopic (exact) mass is 279 g/mol. The summed E-state index contributed by atoms with van der Waals surface area (Å²) < 4.78 is 25.6. The van der Waals surface area contributed by atoms with Crippen LogP contribution >= 0.6 is 0 Å². The first kappa shape index (κ1) is 13.1. The Morgan fingerprint density at radius 1 is 1.47 bits per heavy atom. The molecule has 0 aliphatic heterocycles. The summed E-state index contributed by atoms with van der Waals surface area (Å²) in [5.74, 6) is -0.115. The molecule has 0 fully saturated rings. The van der Waals surface area contributed by atoms with Crippen molar-refractivity contribution in [2.24, 2.45) is 5.73 Å². The van der Waals surface area contributed by atoms with Crippen LogP contribution in [0.25, 0.3) is 0 Å². The first-order valence-corrected chi connectivity index (χ1v) is 6.79. The summed E-state index contributed by atoms with van der Waals surface area (Å²) in [6.07, 6.45) is 2.54. The van der Waals surface area contributed by atoms with Crippen LogP contribution in [0.4, 0.5) is 5.69 Å². The molecule has 0 unspecified atom stereocenters. The quantitative estimate of drug-likeness (QED) is 0.558. The summed E-state index contributed by atoms with van der Waals surface area (Å²) in [6.45, 7) is 0. The summed E-state index contributed by atoms with van der Waals surface area (Å²) in [5.41, 5.74) is 6.28. The molecule has 0 atom stereocenters. The fraction of sp³-hybridized carbons (Fsp3) is 0.0909. The summed E-state index contributed by atoms with van der Waals surface area (Å²) in [5, 5.41) is 13.5. The third-order valence-corrected chi connectivity index (χ3v) is 4.40. The molecule has 0 bridgehead atoms. The maximum absolute atomic E-state index is 12.3. The van der Waals surface area contributed by atoms with Crippen molar-refractivity contribution in [1.82, 2.24) is 10.2 Å². The van der Waals surface area contributed by atoms with Crippen LogP contribution in [0, 0.1) is 5.41 Å². The van der Waals surface area contributed by atoms with Gasteiger partial charge in [-0.3, -0.25) is 14.8 Å². The highest BCUT2D eigenvalue weighted by molar-refractivity contribution is 7.92. The molecule has 2 aromatic rings. The zero-order valence-corrected chi connectivity index (χ0v) is 11.0. The van der Waals surface area contributed by atoms with Crippen molar-refractivity contribution in [2.75, 3.05) is 11.4 Å². The van der Waals surface area contributed by atoms with Gasteiger partial charge in [-0.1, -0.05) is 12.1 Å². The molecule has 0 saturated carbocycles. The lowest BCUT2D eigenvalue weighted by Gasteiger charge is -2.18. The molecule has 0 radical (unpaired) electrons. The number of nitrogens with one attached hydrogen (secondary N) is 2.